The van der Waals surface area contributed by atoms with Crippen LogP contribution in [-0.2, 0) is 10.0 Å². The Balaban J connectivity index is 1.59. The van der Waals surface area contributed by atoms with E-state index in [0.717, 1.165) is 5.82 Å². The number of hydrogen-bond acceptors (Lipinski definition) is 6. The van der Waals surface area contributed by atoms with Crippen molar-refractivity contribution >= 4 is 38.3 Å². The molecule has 0 aliphatic carbocycles. The van der Waals surface area contributed by atoms with Gasteiger partial charge in [0.1, 0.15) is 17.1 Å². The molecular formula is C18H17ClN4O3S. The van der Waals surface area contributed by atoms with Gasteiger partial charge in [0.15, 0.2) is 0 Å². The molecule has 3 heterocycles. The molecule has 4 rings (SSSR count). The van der Waals surface area contributed by atoms with Crippen LogP contribution in [0.25, 0.3) is 10.9 Å². The molecule has 1 aliphatic heterocycles. The third-order valence-electron chi connectivity index (χ3n) is 4.60. The van der Waals surface area contributed by atoms with Crippen LogP contribution < -0.4 is 4.90 Å². The highest BCUT2D eigenvalue weighted by Gasteiger charge is 2.30. The van der Waals surface area contributed by atoms with Gasteiger partial charge in [-0.1, -0.05) is 11.6 Å². The van der Waals surface area contributed by atoms with Crippen molar-refractivity contribution in [2.45, 2.75) is 4.90 Å². The van der Waals surface area contributed by atoms with Gasteiger partial charge in [0.2, 0.25) is 10.0 Å². The Morgan fingerprint density at radius 3 is 2.48 bits per heavy atom. The lowest BCUT2D eigenvalue weighted by atomic mass is 10.2. The molecule has 0 saturated carbocycles. The first-order chi connectivity index (χ1) is 13.0. The van der Waals surface area contributed by atoms with Gasteiger partial charge in [-0.3, -0.25) is 4.98 Å². The normalized spacial score (nSPS) is 16.0. The van der Waals surface area contributed by atoms with Crippen LogP contribution in [0.15, 0.2) is 53.7 Å². The lowest BCUT2D eigenvalue weighted by molar-refractivity contribution is 0.384. The quantitative estimate of drug-likeness (QED) is 0.721. The molecule has 0 atom stereocenters. The highest BCUT2D eigenvalue weighted by atomic mass is 35.5. The van der Waals surface area contributed by atoms with Crippen molar-refractivity contribution in [3.63, 3.8) is 0 Å². The number of rotatable bonds is 3. The third-order valence-corrected chi connectivity index (χ3v) is 6.78. The van der Waals surface area contributed by atoms with Gasteiger partial charge >= 0.3 is 0 Å². The number of hydrogen-bond donors (Lipinski definition) is 1. The zero-order chi connectivity index (χ0) is 19.0. The van der Waals surface area contributed by atoms with Gasteiger partial charge in [-0.25, -0.2) is 13.4 Å². The lowest BCUT2D eigenvalue weighted by Crippen LogP contribution is -2.48. The Labute approximate surface area is 161 Å². The summed E-state index contributed by atoms with van der Waals surface area (Å²) in [5, 5.41) is 10.9. The minimum atomic E-state index is -3.70. The Kier molecular flexibility index (Phi) is 4.63. The average Bonchev–Trinajstić information content (AvgIpc) is 2.69. The second kappa shape index (κ2) is 6.95. The first-order valence-corrected chi connectivity index (χ1v) is 10.2. The number of aromatic hydroxyl groups is 1. The Morgan fingerprint density at radius 2 is 1.78 bits per heavy atom. The minimum Gasteiger partial charge on any atom is -0.506 e. The number of halogens is 1. The number of sulfonamides is 1. The molecule has 27 heavy (non-hydrogen) atoms. The predicted molar refractivity (Wildman–Crippen MR) is 104 cm³/mol. The summed E-state index contributed by atoms with van der Waals surface area (Å²) >= 11 is 5.87. The van der Waals surface area contributed by atoms with Crippen LogP contribution in [0, 0.1) is 0 Å². The van der Waals surface area contributed by atoms with Crippen molar-refractivity contribution in [3.8, 4) is 5.75 Å². The molecule has 140 valence electrons. The van der Waals surface area contributed by atoms with Gasteiger partial charge in [0.25, 0.3) is 0 Å². The van der Waals surface area contributed by atoms with Crippen LogP contribution in [0.1, 0.15) is 0 Å². The zero-order valence-corrected chi connectivity index (χ0v) is 15.9. The second-order valence-electron chi connectivity index (χ2n) is 6.21. The van der Waals surface area contributed by atoms with E-state index in [1.54, 1.807) is 24.4 Å². The fourth-order valence-corrected chi connectivity index (χ4v) is 4.92. The van der Waals surface area contributed by atoms with Gasteiger partial charge < -0.3 is 10.0 Å². The molecule has 1 aromatic carbocycles. The molecule has 0 unspecified atom stereocenters. The highest BCUT2D eigenvalue weighted by molar-refractivity contribution is 7.89. The van der Waals surface area contributed by atoms with Crippen molar-refractivity contribution in [2.75, 3.05) is 31.1 Å². The fourth-order valence-electron chi connectivity index (χ4n) is 3.21. The van der Waals surface area contributed by atoms with Crippen LogP contribution >= 0.6 is 11.6 Å². The second-order valence-corrected chi connectivity index (χ2v) is 8.55. The Morgan fingerprint density at radius 1 is 1.00 bits per heavy atom. The standard InChI is InChI=1S/C18H17ClN4O3S/c19-13-3-6-17(21-12-13)22-8-10-23(11-9-22)27(25,26)16-5-4-15(24)18-14(16)2-1-7-20-18/h1-7,12,24H,8-11H2. The zero-order valence-electron chi connectivity index (χ0n) is 14.3. The fraction of sp³-hybridized carbons (Fsp3) is 0.222. The van der Waals surface area contributed by atoms with Crippen molar-refractivity contribution in [1.29, 1.82) is 0 Å². The summed E-state index contributed by atoms with van der Waals surface area (Å²) < 4.78 is 27.8. The van der Waals surface area contributed by atoms with E-state index in [9.17, 15) is 13.5 Å². The summed E-state index contributed by atoms with van der Waals surface area (Å²) in [6.45, 7) is 1.74. The number of aromatic nitrogens is 2. The van der Waals surface area contributed by atoms with E-state index in [1.165, 1.54) is 22.6 Å². The smallest absolute Gasteiger partial charge is 0.243 e. The van der Waals surface area contributed by atoms with E-state index in [-0.39, 0.29) is 16.2 Å². The number of phenolic OH excluding ortho intramolecular Hbond substituents is 1. The number of phenols is 1. The molecule has 0 radical (unpaired) electrons. The summed E-state index contributed by atoms with van der Waals surface area (Å²) in [5.41, 5.74) is 0.280. The van der Waals surface area contributed by atoms with Crippen LogP contribution in [-0.4, -0.2) is 54.0 Å². The van der Waals surface area contributed by atoms with E-state index in [0.29, 0.717) is 36.6 Å². The topological polar surface area (TPSA) is 86.6 Å². The lowest BCUT2D eigenvalue weighted by Gasteiger charge is -2.34. The van der Waals surface area contributed by atoms with Crippen LogP contribution in [0.4, 0.5) is 5.82 Å². The van der Waals surface area contributed by atoms with E-state index >= 15 is 0 Å². The van der Waals surface area contributed by atoms with Crippen molar-refractivity contribution in [2.24, 2.45) is 0 Å². The van der Waals surface area contributed by atoms with E-state index < -0.39 is 10.0 Å². The van der Waals surface area contributed by atoms with Crippen LogP contribution in [0.5, 0.6) is 5.75 Å². The van der Waals surface area contributed by atoms with Gasteiger partial charge in [0, 0.05) is 44.0 Å². The molecule has 7 nitrogen and oxygen atoms in total. The average molecular weight is 405 g/mol. The molecule has 2 aromatic heterocycles. The van der Waals surface area contributed by atoms with E-state index in [1.807, 2.05) is 11.0 Å². The molecule has 0 spiro atoms. The molecule has 0 amide bonds. The summed E-state index contributed by atoms with van der Waals surface area (Å²) in [6, 6.07) is 9.71. The van der Waals surface area contributed by atoms with Crippen molar-refractivity contribution in [1.82, 2.24) is 14.3 Å². The number of pyridine rings is 2. The molecule has 3 aromatic rings. The summed E-state index contributed by atoms with van der Waals surface area (Å²) in [5.74, 6) is 0.735. The monoisotopic (exact) mass is 404 g/mol. The third kappa shape index (κ3) is 3.31. The summed E-state index contributed by atoms with van der Waals surface area (Å²) in [6.07, 6.45) is 3.10. The first kappa shape index (κ1) is 18.0. The molecule has 9 heteroatoms. The van der Waals surface area contributed by atoms with Gasteiger partial charge in [-0.05, 0) is 36.4 Å². The van der Waals surface area contributed by atoms with Crippen LogP contribution in [0.3, 0.4) is 0 Å². The number of fused-ring (bicyclic) bond motifs is 1. The molecule has 1 N–H and O–H groups in total. The predicted octanol–water partition coefficient (Wildman–Crippen LogP) is 2.50. The van der Waals surface area contributed by atoms with Gasteiger partial charge in [0.05, 0.1) is 9.92 Å². The number of benzene rings is 1. The summed E-state index contributed by atoms with van der Waals surface area (Å²) in [4.78, 5) is 10.6. The van der Waals surface area contributed by atoms with E-state index in [4.69, 9.17) is 11.6 Å². The largest absolute Gasteiger partial charge is 0.506 e. The number of piperazine rings is 1. The maximum atomic E-state index is 13.2. The number of anilines is 1. The summed E-state index contributed by atoms with van der Waals surface area (Å²) in [7, 11) is -3.70. The molecule has 1 saturated heterocycles. The molecule has 0 bridgehead atoms. The SMILES string of the molecule is O=S(=O)(c1ccc(O)c2ncccc12)N1CCN(c2ccc(Cl)cn2)CC1. The Hall–Kier alpha value is -2.42. The first-order valence-electron chi connectivity index (χ1n) is 8.40. The Bertz CT molecular complexity index is 1080. The molecule has 1 fully saturated rings. The maximum Gasteiger partial charge on any atom is 0.243 e. The van der Waals surface area contributed by atoms with Crippen molar-refractivity contribution in [3.05, 3.63) is 53.8 Å². The van der Waals surface area contributed by atoms with Crippen molar-refractivity contribution < 1.29 is 13.5 Å². The van der Waals surface area contributed by atoms with Gasteiger partial charge in [-0.2, -0.15) is 4.31 Å². The molecular weight excluding hydrogens is 388 g/mol. The van der Waals surface area contributed by atoms with Crippen LogP contribution in [0.2, 0.25) is 5.02 Å². The minimum absolute atomic E-state index is 0.0387. The highest BCUT2D eigenvalue weighted by Crippen LogP contribution is 2.31. The number of nitrogens with zero attached hydrogens (tertiary/aromatic N) is 4. The van der Waals surface area contributed by atoms with Gasteiger partial charge in [-0.15, -0.1) is 0 Å². The van der Waals surface area contributed by atoms with E-state index in [2.05, 4.69) is 9.97 Å². The maximum absolute atomic E-state index is 13.2. The molecule has 1 aliphatic rings.